The second kappa shape index (κ2) is 6.73. The molecule has 1 aliphatic heterocycles. The molecule has 3 heteroatoms. The summed E-state index contributed by atoms with van der Waals surface area (Å²) in [6.07, 6.45) is 1.99. The quantitative estimate of drug-likeness (QED) is 0.772. The lowest BCUT2D eigenvalue weighted by atomic mass is 10.1. The molecule has 0 aromatic heterocycles. The van der Waals surface area contributed by atoms with E-state index >= 15 is 0 Å². The number of thioether (sulfide) groups is 2. The number of hydrogen-bond acceptors (Lipinski definition) is 3. The van der Waals surface area contributed by atoms with E-state index in [1.54, 1.807) is 0 Å². The Morgan fingerprint density at radius 1 is 1.40 bits per heavy atom. The second-order valence-electron chi connectivity index (χ2n) is 4.05. The molecular formula is C12H21NS2. The highest BCUT2D eigenvalue weighted by Crippen LogP contribution is 2.37. The minimum atomic E-state index is 0.318. The zero-order valence-corrected chi connectivity index (χ0v) is 11.5. The van der Waals surface area contributed by atoms with Crippen molar-refractivity contribution in [3.8, 4) is 11.8 Å². The van der Waals surface area contributed by atoms with E-state index in [4.69, 9.17) is 5.73 Å². The van der Waals surface area contributed by atoms with Gasteiger partial charge in [0.05, 0.1) is 0 Å². The molecule has 15 heavy (non-hydrogen) atoms. The molecular weight excluding hydrogens is 222 g/mol. The number of hydrogen-bond donors (Lipinski definition) is 1. The fourth-order valence-electron chi connectivity index (χ4n) is 1.58. The molecule has 1 fully saturated rings. The van der Waals surface area contributed by atoms with Gasteiger partial charge in [0.1, 0.15) is 0 Å². The van der Waals surface area contributed by atoms with Crippen molar-refractivity contribution in [2.75, 3.05) is 5.75 Å². The molecule has 1 aliphatic rings. The highest BCUT2D eigenvalue weighted by atomic mass is 32.2. The SMILES string of the molecule is CC#CCCC(N)C1CSC(C)C(C)S1. The van der Waals surface area contributed by atoms with Gasteiger partial charge in [-0.25, -0.2) is 0 Å². The smallest absolute Gasteiger partial charge is 0.0293 e. The standard InChI is InChI=1S/C12H21NS2/c1-4-5-6-7-11(13)12-8-14-9(2)10(3)15-12/h9-12H,6-8,13H2,1-3H3. The number of nitrogens with two attached hydrogens (primary N) is 1. The predicted molar refractivity (Wildman–Crippen MR) is 73.4 cm³/mol. The Labute approximate surface area is 102 Å². The van der Waals surface area contributed by atoms with Crippen molar-refractivity contribution in [2.45, 2.75) is 55.4 Å². The van der Waals surface area contributed by atoms with Crippen molar-refractivity contribution in [1.29, 1.82) is 0 Å². The van der Waals surface area contributed by atoms with Crippen molar-refractivity contribution < 1.29 is 0 Å². The van der Waals surface area contributed by atoms with Crippen LogP contribution < -0.4 is 5.73 Å². The van der Waals surface area contributed by atoms with E-state index in [0.29, 0.717) is 11.3 Å². The van der Waals surface area contributed by atoms with E-state index < -0.39 is 0 Å². The van der Waals surface area contributed by atoms with Crippen LogP contribution in [0.5, 0.6) is 0 Å². The summed E-state index contributed by atoms with van der Waals surface area (Å²) >= 11 is 4.13. The molecule has 0 amide bonds. The Balaban J connectivity index is 2.32. The van der Waals surface area contributed by atoms with Crippen molar-refractivity contribution in [3.05, 3.63) is 0 Å². The van der Waals surface area contributed by atoms with Gasteiger partial charge in [0, 0.05) is 34.0 Å². The van der Waals surface area contributed by atoms with Crippen LogP contribution in [0.2, 0.25) is 0 Å². The Morgan fingerprint density at radius 3 is 2.73 bits per heavy atom. The van der Waals surface area contributed by atoms with Gasteiger partial charge in [-0.15, -0.1) is 11.8 Å². The van der Waals surface area contributed by atoms with Gasteiger partial charge in [-0.1, -0.05) is 13.8 Å². The van der Waals surface area contributed by atoms with Gasteiger partial charge < -0.3 is 5.73 Å². The highest BCUT2D eigenvalue weighted by molar-refractivity contribution is 8.07. The Bertz CT molecular complexity index is 244. The van der Waals surface area contributed by atoms with E-state index in [1.165, 1.54) is 5.75 Å². The maximum Gasteiger partial charge on any atom is 0.0293 e. The Kier molecular flexibility index (Phi) is 5.96. The van der Waals surface area contributed by atoms with Crippen LogP contribution in [0.3, 0.4) is 0 Å². The topological polar surface area (TPSA) is 26.0 Å². The highest BCUT2D eigenvalue weighted by Gasteiger charge is 2.28. The maximum atomic E-state index is 6.19. The van der Waals surface area contributed by atoms with Gasteiger partial charge in [-0.05, 0) is 13.3 Å². The van der Waals surface area contributed by atoms with Gasteiger partial charge >= 0.3 is 0 Å². The van der Waals surface area contributed by atoms with Crippen molar-refractivity contribution in [1.82, 2.24) is 0 Å². The Hall–Kier alpha value is 0.220. The molecule has 0 bridgehead atoms. The largest absolute Gasteiger partial charge is 0.327 e. The van der Waals surface area contributed by atoms with E-state index in [2.05, 4.69) is 49.2 Å². The van der Waals surface area contributed by atoms with Crippen LogP contribution in [0.25, 0.3) is 0 Å². The lowest BCUT2D eigenvalue weighted by Gasteiger charge is -2.34. The van der Waals surface area contributed by atoms with Crippen LogP contribution in [-0.4, -0.2) is 27.5 Å². The van der Waals surface area contributed by atoms with Crippen LogP contribution in [0.4, 0.5) is 0 Å². The molecule has 1 saturated heterocycles. The van der Waals surface area contributed by atoms with Crippen LogP contribution in [-0.2, 0) is 0 Å². The molecule has 4 atom stereocenters. The van der Waals surface area contributed by atoms with Crippen LogP contribution in [0, 0.1) is 11.8 Å². The summed E-state index contributed by atoms with van der Waals surface area (Å²) in [5.41, 5.74) is 6.19. The molecule has 4 unspecified atom stereocenters. The molecule has 86 valence electrons. The first kappa shape index (κ1) is 13.3. The summed E-state index contributed by atoms with van der Waals surface area (Å²) in [7, 11) is 0. The molecule has 1 nitrogen and oxygen atoms in total. The minimum Gasteiger partial charge on any atom is -0.327 e. The molecule has 0 aromatic carbocycles. The third-order valence-corrected chi connectivity index (χ3v) is 6.40. The van der Waals surface area contributed by atoms with Crippen LogP contribution >= 0.6 is 23.5 Å². The third kappa shape index (κ3) is 4.30. The minimum absolute atomic E-state index is 0.318. The molecule has 1 rings (SSSR count). The zero-order chi connectivity index (χ0) is 11.3. The first-order valence-electron chi connectivity index (χ1n) is 5.57. The van der Waals surface area contributed by atoms with E-state index in [9.17, 15) is 0 Å². The first-order chi connectivity index (χ1) is 7.15. The molecule has 0 spiro atoms. The Morgan fingerprint density at radius 2 is 2.13 bits per heavy atom. The van der Waals surface area contributed by atoms with Crippen molar-refractivity contribution in [2.24, 2.45) is 5.73 Å². The lowest BCUT2D eigenvalue weighted by molar-refractivity contribution is 0.617. The number of rotatable bonds is 3. The molecule has 0 saturated carbocycles. The predicted octanol–water partition coefficient (Wildman–Crippen LogP) is 2.74. The zero-order valence-electron chi connectivity index (χ0n) is 9.82. The second-order valence-corrected chi connectivity index (χ2v) is 7.08. The maximum absolute atomic E-state index is 6.19. The van der Waals surface area contributed by atoms with E-state index in [-0.39, 0.29) is 0 Å². The first-order valence-corrected chi connectivity index (χ1v) is 7.56. The third-order valence-electron chi connectivity index (χ3n) is 2.83. The van der Waals surface area contributed by atoms with Crippen LogP contribution in [0.15, 0.2) is 0 Å². The fraction of sp³-hybridized carbons (Fsp3) is 0.833. The summed E-state index contributed by atoms with van der Waals surface area (Å²) in [6.45, 7) is 6.51. The van der Waals surface area contributed by atoms with E-state index in [0.717, 1.165) is 23.3 Å². The average molecular weight is 243 g/mol. The monoisotopic (exact) mass is 243 g/mol. The summed E-state index contributed by atoms with van der Waals surface area (Å²) < 4.78 is 0. The van der Waals surface area contributed by atoms with Crippen molar-refractivity contribution >= 4 is 23.5 Å². The normalized spacial score (nSPS) is 32.9. The average Bonchev–Trinajstić information content (AvgIpc) is 2.22. The summed E-state index contributed by atoms with van der Waals surface area (Å²) in [4.78, 5) is 0. The van der Waals surface area contributed by atoms with Crippen LogP contribution in [0.1, 0.15) is 33.6 Å². The summed E-state index contributed by atoms with van der Waals surface area (Å²) in [5, 5.41) is 2.13. The molecule has 0 radical (unpaired) electrons. The summed E-state index contributed by atoms with van der Waals surface area (Å²) in [6, 6.07) is 0.318. The van der Waals surface area contributed by atoms with E-state index in [1.807, 2.05) is 6.92 Å². The van der Waals surface area contributed by atoms with Gasteiger partial charge in [-0.2, -0.15) is 23.5 Å². The van der Waals surface area contributed by atoms with Gasteiger partial charge in [0.15, 0.2) is 0 Å². The molecule has 0 aromatic rings. The molecule has 2 N–H and O–H groups in total. The summed E-state index contributed by atoms with van der Waals surface area (Å²) in [5.74, 6) is 7.22. The lowest BCUT2D eigenvalue weighted by Crippen LogP contribution is -2.39. The van der Waals surface area contributed by atoms with Gasteiger partial charge in [0.2, 0.25) is 0 Å². The van der Waals surface area contributed by atoms with Gasteiger partial charge in [-0.3, -0.25) is 0 Å². The molecule has 0 aliphatic carbocycles. The van der Waals surface area contributed by atoms with Gasteiger partial charge in [0.25, 0.3) is 0 Å². The molecule has 1 heterocycles. The van der Waals surface area contributed by atoms with Crippen molar-refractivity contribution in [3.63, 3.8) is 0 Å². The fourth-order valence-corrected chi connectivity index (χ4v) is 4.68.